The number of hydrogen-bond donors (Lipinski definition) is 0. The number of carbonyl (C=O) groups is 1. The molecule has 0 aromatic heterocycles. The first-order valence-electron chi connectivity index (χ1n) is 7.07. The molecule has 0 aliphatic heterocycles. The summed E-state index contributed by atoms with van der Waals surface area (Å²) in [5.41, 5.74) is 2.43. The Bertz CT molecular complexity index is 536. The first-order chi connectivity index (χ1) is 9.72. The largest absolute Gasteiger partial charge is 0.338 e. The van der Waals surface area contributed by atoms with Crippen LogP contribution in [0.2, 0.25) is 0 Å². The monoisotopic (exact) mass is 267 g/mol. The number of amides is 1. The van der Waals surface area contributed by atoms with Gasteiger partial charge in [0.25, 0.3) is 0 Å². The molecule has 0 unspecified atom stereocenters. The van der Waals surface area contributed by atoms with E-state index in [-0.39, 0.29) is 11.9 Å². The van der Waals surface area contributed by atoms with Gasteiger partial charge in [0.1, 0.15) is 0 Å². The summed E-state index contributed by atoms with van der Waals surface area (Å²) in [5.74, 6) is 0.176. The predicted molar refractivity (Wildman–Crippen MR) is 82.4 cm³/mol. The van der Waals surface area contributed by atoms with Gasteiger partial charge in [-0.3, -0.25) is 4.79 Å². The number of likely N-dealkylation sites (N-methyl/N-ethyl adjacent to an activating group) is 1. The zero-order valence-corrected chi connectivity index (χ0v) is 12.1. The van der Waals surface area contributed by atoms with Crippen LogP contribution >= 0.6 is 0 Å². The Kier molecular flexibility index (Phi) is 4.94. The number of rotatable bonds is 5. The van der Waals surface area contributed by atoms with Crippen LogP contribution in [0.4, 0.5) is 0 Å². The second-order valence-corrected chi connectivity index (χ2v) is 4.97. The number of benzene rings is 2. The summed E-state index contributed by atoms with van der Waals surface area (Å²) in [5, 5.41) is 0. The van der Waals surface area contributed by atoms with Crippen molar-refractivity contribution in [2.45, 2.75) is 25.8 Å². The van der Waals surface area contributed by atoms with Crippen LogP contribution in [0.1, 0.15) is 30.5 Å². The molecule has 0 radical (unpaired) electrons. The molecule has 0 heterocycles. The van der Waals surface area contributed by atoms with E-state index in [1.54, 1.807) is 0 Å². The maximum atomic E-state index is 12.0. The molecular formula is C18H21NO. The quantitative estimate of drug-likeness (QED) is 0.806. The summed E-state index contributed by atoms with van der Waals surface area (Å²) in [4.78, 5) is 13.9. The van der Waals surface area contributed by atoms with Crippen LogP contribution in [-0.2, 0) is 11.2 Å². The molecule has 0 saturated carbocycles. The Balaban J connectivity index is 2.27. The standard InChI is InChI=1S/C18H21NO/c1-3-18(20)19(2)17(16-12-8-5-9-13-16)14-15-10-6-4-7-11-15/h4-13,17H,3,14H2,1-2H3/t17-/m0/s1. The summed E-state index contributed by atoms with van der Waals surface area (Å²) in [6.45, 7) is 1.91. The van der Waals surface area contributed by atoms with Crippen LogP contribution in [0, 0.1) is 0 Å². The number of carbonyl (C=O) groups excluding carboxylic acids is 1. The highest BCUT2D eigenvalue weighted by Crippen LogP contribution is 2.24. The van der Waals surface area contributed by atoms with Crippen LogP contribution < -0.4 is 0 Å². The predicted octanol–water partition coefficient (Wildman–Crippen LogP) is 3.84. The van der Waals surface area contributed by atoms with Crippen molar-refractivity contribution in [2.75, 3.05) is 7.05 Å². The molecule has 0 spiro atoms. The lowest BCUT2D eigenvalue weighted by atomic mass is 9.97. The van der Waals surface area contributed by atoms with E-state index in [0.29, 0.717) is 6.42 Å². The van der Waals surface area contributed by atoms with Gasteiger partial charge in [0, 0.05) is 13.5 Å². The molecular weight excluding hydrogens is 246 g/mol. The van der Waals surface area contributed by atoms with Crippen molar-refractivity contribution in [3.8, 4) is 0 Å². The molecule has 2 heteroatoms. The van der Waals surface area contributed by atoms with Gasteiger partial charge in [0.15, 0.2) is 0 Å². The van der Waals surface area contributed by atoms with Gasteiger partial charge >= 0.3 is 0 Å². The molecule has 104 valence electrons. The third-order valence-electron chi connectivity index (χ3n) is 3.62. The molecule has 1 atom stereocenters. The van der Waals surface area contributed by atoms with Gasteiger partial charge in [-0.2, -0.15) is 0 Å². The first kappa shape index (κ1) is 14.3. The average molecular weight is 267 g/mol. The maximum Gasteiger partial charge on any atom is 0.222 e. The van der Waals surface area contributed by atoms with Crippen molar-refractivity contribution in [3.05, 3.63) is 71.8 Å². The van der Waals surface area contributed by atoms with Crippen LogP contribution in [0.3, 0.4) is 0 Å². The van der Waals surface area contributed by atoms with E-state index in [2.05, 4.69) is 24.3 Å². The Morgan fingerprint density at radius 1 is 1.00 bits per heavy atom. The Morgan fingerprint density at radius 3 is 2.10 bits per heavy atom. The van der Waals surface area contributed by atoms with E-state index in [9.17, 15) is 4.79 Å². The molecule has 2 aromatic carbocycles. The van der Waals surface area contributed by atoms with Crippen molar-refractivity contribution in [1.29, 1.82) is 0 Å². The molecule has 0 bridgehead atoms. The van der Waals surface area contributed by atoms with Gasteiger partial charge in [0.2, 0.25) is 5.91 Å². The fourth-order valence-corrected chi connectivity index (χ4v) is 2.41. The molecule has 0 saturated heterocycles. The molecule has 0 N–H and O–H groups in total. The number of hydrogen-bond acceptors (Lipinski definition) is 1. The lowest BCUT2D eigenvalue weighted by molar-refractivity contribution is -0.131. The minimum absolute atomic E-state index is 0.0889. The smallest absolute Gasteiger partial charge is 0.222 e. The highest BCUT2D eigenvalue weighted by atomic mass is 16.2. The van der Waals surface area contributed by atoms with Crippen LogP contribution in [0.5, 0.6) is 0 Å². The molecule has 20 heavy (non-hydrogen) atoms. The van der Waals surface area contributed by atoms with Crippen LogP contribution in [-0.4, -0.2) is 17.9 Å². The fraction of sp³-hybridized carbons (Fsp3) is 0.278. The van der Waals surface area contributed by atoms with Gasteiger partial charge in [-0.05, 0) is 17.5 Å². The Labute approximate surface area is 121 Å². The highest BCUT2D eigenvalue weighted by molar-refractivity contribution is 5.76. The van der Waals surface area contributed by atoms with Crippen molar-refractivity contribution < 1.29 is 4.79 Å². The zero-order valence-electron chi connectivity index (χ0n) is 12.1. The third-order valence-corrected chi connectivity index (χ3v) is 3.62. The number of nitrogens with zero attached hydrogens (tertiary/aromatic N) is 1. The molecule has 1 amide bonds. The van der Waals surface area contributed by atoms with Gasteiger partial charge in [-0.15, -0.1) is 0 Å². The lowest BCUT2D eigenvalue weighted by Gasteiger charge is -2.28. The normalized spacial score (nSPS) is 11.9. The topological polar surface area (TPSA) is 20.3 Å². The summed E-state index contributed by atoms with van der Waals surface area (Å²) in [7, 11) is 1.90. The van der Waals surface area contributed by atoms with E-state index >= 15 is 0 Å². The minimum atomic E-state index is 0.0889. The summed E-state index contributed by atoms with van der Waals surface area (Å²) in [6, 6.07) is 20.6. The Morgan fingerprint density at radius 2 is 1.55 bits per heavy atom. The highest BCUT2D eigenvalue weighted by Gasteiger charge is 2.20. The summed E-state index contributed by atoms with van der Waals surface area (Å²) in [6.07, 6.45) is 1.38. The molecule has 2 nitrogen and oxygen atoms in total. The van der Waals surface area contributed by atoms with Crippen molar-refractivity contribution in [2.24, 2.45) is 0 Å². The fourth-order valence-electron chi connectivity index (χ4n) is 2.41. The van der Waals surface area contributed by atoms with Gasteiger partial charge in [-0.1, -0.05) is 67.6 Å². The van der Waals surface area contributed by atoms with E-state index in [1.165, 1.54) is 11.1 Å². The van der Waals surface area contributed by atoms with Crippen molar-refractivity contribution in [3.63, 3.8) is 0 Å². The van der Waals surface area contributed by atoms with Crippen molar-refractivity contribution in [1.82, 2.24) is 4.90 Å². The Hall–Kier alpha value is -2.09. The van der Waals surface area contributed by atoms with Crippen LogP contribution in [0.25, 0.3) is 0 Å². The molecule has 2 aromatic rings. The molecule has 0 aliphatic carbocycles. The molecule has 0 aliphatic rings. The first-order valence-corrected chi connectivity index (χ1v) is 7.07. The third kappa shape index (κ3) is 3.47. The molecule has 0 fully saturated rings. The van der Waals surface area contributed by atoms with E-state index in [4.69, 9.17) is 0 Å². The second-order valence-electron chi connectivity index (χ2n) is 4.97. The maximum absolute atomic E-state index is 12.0. The van der Waals surface area contributed by atoms with Crippen LogP contribution in [0.15, 0.2) is 60.7 Å². The van der Waals surface area contributed by atoms with Crippen molar-refractivity contribution >= 4 is 5.91 Å². The van der Waals surface area contributed by atoms with Gasteiger partial charge in [0.05, 0.1) is 6.04 Å². The van der Waals surface area contributed by atoms with E-state index in [0.717, 1.165) is 6.42 Å². The van der Waals surface area contributed by atoms with Gasteiger partial charge < -0.3 is 4.90 Å². The lowest BCUT2D eigenvalue weighted by Crippen LogP contribution is -2.31. The SMILES string of the molecule is CCC(=O)N(C)[C@@H](Cc1ccccc1)c1ccccc1. The minimum Gasteiger partial charge on any atom is -0.338 e. The summed E-state index contributed by atoms with van der Waals surface area (Å²) >= 11 is 0. The van der Waals surface area contributed by atoms with Gasteiger partial charge in [-0.25, -0.2) is 0 Å². The van der Waals surface area contributed by atoms with E-state index in [1.807, 2.05) is 55.3 Å². The zero-order chi connectivity index (χ0) is 14.4. The second kappa shape index (κ2) is 6.90. The van der Waals surface area contributed by atoms with E-state index < -0.39 is 0 Å². The summed E-state index contributed by atoms with van der Waals surface area (Å²) < 4.78 is 0. The average Bonchev–Trinajstić information content (AvgIpc) is 2.53. The molecule has 2 rings (SSSR count).